The third-order valence-electron chi connectivity index (χ3n) is 3.54. The number of nitrogens with zero attached hydrogens (tertiary/aromatic N) is 1. The van der Waals surface area contributed by atoms with Crippen molar-refractivity contribution < 1.29 is 19.0 Å². The number of aryl methyl sites for hydroxylation is 1. The molecule has 126 valence electrons. The number of rotatable bonds is 5. The van der Waals surface area contributed by atoms with E-state index in [9.17, 15) is 4.79 Å². The van der Waals surface area contributed by atoms with Crippen molar-refractivity contribution in [1.29, 1.82) is 0 Å². The summed E-state index contributed by atoms with van der Waals surface area (Å²) in [4.78, 5) is 16.3. The second-order valence-electron chi connectivity index (χ2n) is 5.32. The molecule has 3 rings (SSSR count). The highest BCUT2D eigenvalue weighted by Gasteiger charge is 2.11. The third-order valence-corrected chi connectivity index (χ3v) is 3.54. The van der Waals surface area contributed by atoms with E-state index in [2.05, 4.69) is 4.98 Å². The first kappa shape index (κ1) is 16.5. The molecule has 0 fully saturated rings. The van der Waals surface area contributed by atoms with Crippen molar-refractivity contribution in [3.05, 3.63) is 78.0 Å². The van der Waals surface area contributed by atoms with E-state index in [1.165, 1.54) is 0 Å². The standard InChI is InChI=1S/C20H17NO4/c1-14-6-7-15(13-18(14)23-2)20(22)25-17-10-8-16(9-11-17)24-19-5-3-4-12-21-19/h3-13H,1-2H3. The second-order valence-corrected chi connectivity index (χ2v) is 5.32. The fourth-order valence-corrected chi connectivity index (χ4v) is 2.22. The first-order chi connectivity index (χ1) is 12.2. The Morgan fingerprint density at radius 2 is 1.72 bits per heavy atom. The Kier molecular flexibility index (Phi) is 4.95. The topological polar surface area (TPSA) is 57.7 Å². The SMILES string of the molecule is COc1cc(C(=O)Oc2ccc(Oc3ccccn3)cc2)ccc1C. The molecule has 0 aliphatic rings. The lowest BCUT2D eigenvalue weighted by molar-refractivity contribution is 0.0734. The van der Waals surface area contributed by atoms with E-state index in [-0.39, 0.29) is 0 Å². The van der Waals surface area contributed by atoms with Gasteiger partial charge in [0.1, 0.15) is 17.2 Å². The summed E-state index contributed by atoms with van der Waals surface area (Å²) in [6.07, 6.45) is 1.65. The van der Waals surface area contributed by atoms with Crippen molar-refractivity contribution in [3.8, 4) is 23.1 Å². The smallest absolute Gasteiger partial charge is 0.343 e. The maximum atomic E-state index is 12.3. The summed E-state index contributed by atoms with van der Waals surface area (Å²) in [5.41, 5.74) is 1.38. The van der Waals surface area contributed by atoms with Gasteiger partial charge in [0.05, 0.1) is 12.7 Å². The summed E-state index contributed by atoms with van der Waals surface area (Å²) >= 11 is 0. The lowest BCUT2D eigenvalue weighted by atomic mass is 10.1. The fraction of sp³-hybridized carbons (Fsp3) is 0.100. The van der Waals surface area contributed by atoms with Gasteiger partial charge in [-0.15, -0.1) is 0 Å². The van der Waals surface area contributed by atoms with Gasteiger partial charge >= 0.3 is 5.97 Å². The molecule has 2 aromatic carbocycles. The Morgan fingerprint density at radius 1 is 0.960 bits per heavy atom. The van der Waals surface area contributed by atoms with Crippen LogP contribution in [0.25, 0.3) is 0 Å². The van der Waals surface area contributed by atoms with Gasteiger partial charge in [-0.05, 0) is 55.0 Å². The number of carbonyl (C=O) groups is 1. The minimum absolute atomic E-state index is 0.427. The molecule has 0 unspecified atom stereocenters. The van der Waals surface area contributed by atoms with Gasteiger partial charge in [0.25, 0.3) is 0 Å². The first-order valence-corrected chi connectivity index (χ1v) is 7.71. The monoisotopic (exact) mass is 335 g/mol. The van der Waals surface area contributed by atoms with E-state index in [1.54, 1.807) is 55.8 Å². The summed E-state index contributed by atoms with van der Waals surface area (Å²) in [6.45, 7) is 1.91. The van der Waals surface area contributed by atoms with E-state index in [0.29, 0.717) is 28.7 Å². The zero-order valence-electron chi connectivity index (χ0n) is 13.9. The van der Waals surface area contributed by atoms with Gasteiger partial charge < -0.3 is 14.2 Å². The molecule has 0 saturated carbocycles. The Hall–Kier alpha value is -3.34. The molecule has 25 heavy (non-hydrogen) atoms. The number of methoxy groups -OCH3 is 1. The van der Waals surface area contributed by atoms with E-state index in [1.807, 2.05) is 25.1 Å². The number of hydrogen-bond acceptors (Lipinski definition) is 5. The molecular formula is C20H17NO4. The summed E-state index contributed by atoms with van der Waals surface area (Å²) in [5, 5.41) is 0. The van der Waals surface area contributed by atoms with Crippen LogP contribution in [0.5, 0.6) is 23.1 Å². The number of benzene rings is 2. The lowest BCUT2D eigenvalue weighted by Gasteiger charge is -2.09. The van der Waals surface area contributed by atoms with Crippen LogP contribution in [0.4, 0.5) is 0 Å². The highest BCUT2D eigenvalue weighted by Crippen LogP contribution is 2.24. The molecule has 0 amide bonds. The number of aromatic nitrogens is 1. The molecule has 5 heteroatoms. The molecule has 0 saturated heterocycles. The van der Waals surface area contributed by atoms with Crippen molar-refractivity contribution in [2.24, 2.45) is 0 Å². The summed E-state index contributed by atoms with van der Waals surface area (Å²) in [6, 6.07) is 17.4. The Morgan fingerprint density at radius 3 is 2.40 bits per heavy atom. The van der Waals surface area contributed by atoms with E-state index >= 15 is 0 Å². The molecule has 5 nitrogen and oxygen atoms in total. The summed E-state index contributed by atoms with van der Waals surface area (Å²) in [5.74, 6) is 1.73. The molecule has 0 spiro atoms. The summed E-state index contributed by atoms with van der Waals surface area (Å²) < 4.78 is 16.2. The highest BCUT2D eigenvalue weighted by atomic mass is 16.5. The van der Waals surface area contributed by atoms with E-state index in [0.717, 1.165) is 5.56 Å². The maximum absolute atomic E-state index is 12.3. The molecule has 1 aromatic heterocycles. The van der Waals surface area contributed by atoms with E-state index in [4.69, 9.17) is 14.2 Å². The van der Waals surface area contributed by atoms with Gasteiger partial charge in [0, 0.05) is 12.3 Å². The molecule has 0 bridgehead atoms. The number of carbonyl (C=O) groups excluding carboxylic acids is 1. The molecule has 0 aliphatic heterocycles. The van der Waals surface area contributed by atoms with Crippen molar-refractivity contribution in [2.45, 2.75) is 6.92 Å². The van der Waals surface area contributed by atoms with Crippen LogP contribution in [0, 0.1) is 6.92 Å². The van der Waals surface area contributed by atoms with E-state index < -0.39 is 5.97 Å². The highest BCUT2D eigenvalue weighted by molar-refractivity contribution is 5.91. The van der Waals surface area contributed by atoms with Crippen LogP contribution in [-0.2, 0) is 0 Å². The largest absolute Gasteiger partial charge is 0.496 e. The molecule has 0 atom stereocenters. The summed E-state index contributed by atoms with van der Waals surface area (Å²) in [7, 11) is 1.57. The van der Waals surface area contributed by atoms with Crippen LogP contribution >= 0.6 is 0 Å². The van der Waals surface area contributed by atoms with Crippen LogP contribution in [-0.4, -0.2) is 18.1 Å². The second kappa shape index (κ2) is 7.49. The van der Waals surface area contributed by atoms with Gasteiger partial charge in [-0.25, -0.2) is 9.78 Å². The van der Waals surface area contributed by atoms with Crippen LogP contribution in [0.2, 0.25) is 0 Å². The number of esters is 1. The first-order valence-electron chi connectivity index (χ1n) is 7.71. The van der Waals surface area contributed by atoms with Crippen LogP contribution in [0.3, 0.4) is 0 Å². The minimum atomic E-state index is -0.448. The number of pyridine rings is 1. The molecule has 1 heterocycles. The normalized spacial score (nSPS) is 10.2. The average molecular weight is 335 g/mol. The lowest BCUT2D eigenvalue weighted by Crippen LogP contribution is -2.08. The van der Waals surface area contributed by atoms with Crippen molar-refractivity contribution >= 4 is 5.97 Å². The van der Waals surface area contributed by atoms with Crippen LogP contribution in [0.1, 0.15) is 15.9 Å². The Balaban J connectivity index is 1.68. The molecule has 0 aliphatic carbocycles. The fourth-order valence-electron chi connectivity index (χ4n) is 2.22. The van der Waals surface area contributed by atoms with Gasteiger partial charge in [-0.3, -0.25) is 0 Å². The average Bonchev–Trinajstić information content (AvgIpc) is 2.64. The third kappa shape index (κ3) is 4.14. The molecule has 0 N–H and O–H groups in total. The zero-order valence-corrected chi connectivity index (χ0v) is 13.9. The van der Waals surface area contributed by atoms with Gasteiger partial charge in [0.2, 0.25) is 5.88 Å². The molecular weight excluding hydrogens is 318 g/mol. The van der Waals surface area contributed by atoms with Gasteiger partial charge in [-0.1, -0.05) is 12.1 Å². The van der Waals surface area contributed by atoms with Crippen molar-refractivity contribution in [2.75, 3.05) is 7.11 Å². The Labute approximate surface area is 145 Å². The Bertz CT molecular complexity index is 861. The van der Waals surface area contributed by atoms with Gasteiger partial charge in [0.15, 0.2) is 0 Å². The number of hydrogen-bond donors (Lipinski definition) is 0. The molecule has 3 aromatic rings. The van der Waals surface area contributed by atoms with Gasteiger partial charge in [-0.2, -0.15) is 0 Å². The molecule has 0 radical (unpaired) electrons. The van der Waals surface area contributed by atoms with Crippen LogP contribution in [0.15, 0.2) is 66.9 Å². The number of ether oxygens (including phenoxy) is 3. The van der Waals surface area contributed by atoms with Crippen LogP contribution < -0.4 is 14.2 Å². The van der Waals surface area contributed by atoms with Crippen molar-refractivity contribution in [3.63, 3.8) is 0 Å². The minimum Gasteiger partial charge on any atom is -0.496 e. The maximum Gasteiger partial charge on any atom is 0.343 e. The quantitative estimate of drug-likeness (QED) is 0.510. The predicted molar refractivity (Wildman–Crippen MR) is 93.4 cm³/mol. The van der Waals surface area contributed by atoms with Crippen molar-refractivity contribution in [1.82, 2.24) is 4.98 Å². The predicted octanol–water partition coefficient (Wildman–Crippen LogP) is 4.41. The zero-order chi connectivity index (χ0) is 17.6.